The van der Waals surface area contributed by atoms with E-state index < -0.39 is 5.82 Å². The fourth-order valence-electron chi connectivity index (χ4n) is 2.32. The van der Waals surface area contributed by atoms with Gasteiger partial charge in [-0.05, 0) is 30.7 Å². The number of nitrogens with zero attached hydrogens (tertiary/aromatic N) is 2. The quantitative estimate of drug-likeness (QED) is 0.731. The molecule has 7 heteroatoms. The molecule has 1 aromatic heterocycles. The van der Waals surface area contributed by atoms with Crippen molar-refractivity contribution in [3.63, 3.8) is 0 Å². The predicted molar refractivity (Wildman–Crippen MR) is 94.1 cm³/mol. The summed E-state index contributed by atoms with van der Waals surface area (Å²) in [5.74, 6) is 0.288. The zero-order chi connectivity index (χ0) is 17.8. The van der Waals surface area contributed by atoms with E-state index in [0.29, 0.717) is 23.8 Å². The number of halogens is 2. The molecule has 0 aliphatic heterocycles. The second-order valence-corrected chi connectivity index (χ2v) is 6.12. The first-order valence-electron chi connectivity index (χ1n) is 7.70. The van der Waals surface area contributed by atoms with Crippen LogP contribution in [0.25, 0.3) is 0 Å². The van der Waals surface area contributed by atoms with Gasteiger partial charge in [-0.15, -0.1) is 0 Å². The molecule has 2 aromatic carbocycles. The SMILES string of the molecule is Cc1ccc(Cc2nc(CC(=O)Nc3ccc(F)cc3Cl)n[nH]2)cc1. The van der Waals surface area contributed by atoms with Gasteiger partial charge in [-0.2, -0.15) is 5.10 Å². The number of anilines is 1. The fraction of sp³-hybridized carbons (Fsp3) is 0.167. The lowest BCUT2D eigenvalue weighted by atomic mass is 10.1. The van der Waals surface area contributed by atoms with Crippen LogP contribution in [0.5, 0.6) is 0 Å². The monoisotopic (exact) mass is 358 g/mol. The zero-order valence-electron chi connectivity index (χ0n) is 13.5. The summed E-state index contributed by atoms with van der Waals surface area (Å²) >= 11 is 5.89. The number of aromatic nitrogens is 3. The van der Waals surface area contributed by atoms with Gasteiger partial charge in [-0.25, -0.2) is 9.37 Å². The van der Waals surface area contributed by atoms with E-state index in [1.165, 1.54) is 17.7 Å². The average Bonchev–Trinajstić information content (AvgIpc) is 2.99. The van der Waals surface area contributed by atoms with Gasteiger partial charge < -0.3 is 5.32 Å². The van der Waals surface area contributed by atoms with Gasteiger partial charge in [0.1, 0.15) is 11.6 Å². The molecular formula is C18H16ClFN4O. The summed E-state index contributed by atoms with van der Waals surface area (Å²) in [5.41, 5.74) is 2.65. The van der Waals surface area contributed by atoms with E-state index in [9.17, 15) is 9.18 Å². The van der Waals surface area contributed by atoms with E-state index >= 15 is 0 Å². The van der Waals surface area contributed by atoms with Crippen molar-refractivity contribution in [2.75, 3.05) is 5.32 Å². The van der Waals surface area contributed by atoms with E-state index in [4.69, 9.17) is 11.6 Å². The van der Waals surface area contributed by atoms with Gasteiger partial charge >= 0.3 is 0 Å². The maximum absolute atomic E-state index is 13.0. The van der Waals surface area contributed by atoms with Crippen LogP contribution in [0, 0.1) is 12.7 Å². The maximum atomic E-state index is 13.0. The number of benzene rings is 2. The van der Waals surface area contributed by atoms with Crippen LogP contribution in [-0.2, 0) is 17.6 Å². The Balaban J connectivity index is 1.60. The summed E-state index contributed by atoms with van der Waals surface area (Å²) in [6, 6.07) is 11.9. The Labute approximate surface area is 149 Å². The molecule has 5 nitrogen and oxygen atoms in total. The van der Waals surface area contributed by atoms with Crippen LogP contribution in [0.15, 0.2) is 42.5 Å². The number of nitrogens with one attached hydrogen (secondary N) is 2. The minimum Gasteiger partial charge on any atom is -0.324 e. The van der Waals surface area contributed by atoms with E-state index in [2.05, 4.69) is 20.5 Å². The van der Waals surface area contributed by atoms with Crippen molar-refractivity contribution in [2.45, 2.75) is 19.8 Å². The van der Waals surface area contributed by atoms with Crippen molar-refractivity contribution >= 4 is 23.2 Å². The second-order valence-electron chi connectivity index (χ2n) is 5.71. The van der Waals surface area contributed by atoms with Crippen LogP contribution >= 0.6 is 11.6 Å². The molecule has 2 N–H and O–H groups in total. The molecule has 0 fully saturated rings. The molecule has 0 atom stereocenters. The van der Waals surface area contributed by atoms with Gasteiger partial charge in [0.25, 0.3) is 0 Å². The van der Waals surface area contributed by atoms with E-state index in [1.54, 1.807) is 0 Å². The first kappa shape index (κ1) is 17.1. The largest absolute Gasteiger partial charge is 0.324 e. The smallest absolute Gasteiger partial charge is 0.232 e. The standard InChI is InChI=1S/C18H16ClFN4O/c1-11-2-4-12(5-3-11)8-16-22-17(24-23-16)10-18(25)21-15-7-6-13(20)9-14(15)19/h2-7,9H,8,10H2,1H3,(H,21,25)(H,22,23,24). The molecule has 128 valence electrons. The molecule has 0 saturated heterocycles. The van der Waals surface area contributed by atoms with Gasteiger partial charge in [0.2, 0.25) is 5.91 Å². The Hall–Kier alpha value is -2.73. The maximum Gasteiger partial charge on any atom is 0.232 e. The molecule has 0 unspecified atom stereocenters. The summed E-state index contributed by atoms with van der Waals surface area (Å²) < 4.78 is 13.0. The summed E-state index contributed by atoms with van der Waals surface area (Å²) in [6.45, 7) is 2.03. The highest BCUT2D eigenvalue weighted by Gasteiger charge is 2.11. The molecule has 3 rings (SSSR count). The molecule has 0 aliphatic carbocycles. The highest BCUT2D eigenvalue weighted by molar-refractivity contribution is 6.33. The normalized spacial score (nSPS) is 10.7. The number of carbonyl (C=O) groups is 1. The predicted octanol–water partition coefficient (Wildman–Crippen LogP) is 3.68. The number of hydrogen-bond donors (Lipinski definition) is 2. The molecular weight excluding hydrogens is 343 g/mol. The third-order valence-electron chi connectivity index (χ3n) is 3.59. The Morgan fingerprint density at radius 3 is 2.72 bits per heavy atom. The third-order valence-corrected chi connectivity index (χ3v) is 3.91. The third kappa shape index (κ3) is 4.64. The minimum atomic E-state index is -0.460. The van der Waals surface area contributed by atoms with Gasteiger partial charge in [0, 0.05) is 6.42 Å². The van der Waals surface area contributed by atoms with Crippen LogP contribution < -0.4 is 5.32 Å². The highest BCUT2D eigenvalue weighted by Crippen LogP contribution is 2.22. The summed E-state index contributed by atoms with van der Waals surface area (Å²) in [5, 5.41) is 9.66. The van der Waals surface area contributed by atoms with E-state index in [1.807, 2.05) is 31.2 Å². The zero-order valence-corrected chi connectivity index (χ0v) is 14.3. The molecule has 0 saturated carbocycles. The molecule has 0 radical (unpaired) electrons. The van der Waals surface area contributed by atoms with Crippen LogP contribution in [0.2, 0.25) is 5.02 Å². The van der Waals surface area contributed by atoms with Gasteiger partial charge in [-0.3, -0.25) is 9.89 Å². The van der Waals surface area contributed by atoms with Crippen molar-refractivity contribution in [3.05, 3.63) is 76.1 Å². The average molecular weight is 359 g/mol. The summed E-state index contributed by atoms with van der Waals surface area (Å²) in [4.78, 5) is 16.4. The van der Waals surface area contributed by atoms with Crippen LogP contribution in [-0.4, -0.2) is 21.1 Å². The number of aromatic amines is 1. The van der Waals surface area contributed by atoms with Crippen molar-refractivity contribution in [2.24, 2.45) is 0 Å². The molecule has 3 aromatic rings. The van der Waals surface area contributed by atoms with Crippen molar-refractivity contribution in [1.82, 2.24) is 15.2 Å². The Morgan fingerprint density at radius 1 is 1.24 bits per heavy atom. The first-order valence-corrected chi connectivity index (χ1v) is 8.08. The van der Waals surface area contributed by atoms with Gasteiger partial charge in [0.15, 0.2) is 5.82 Å². The lowest BCUT2D eigenvalue weighted by molar-refractivity contribution is -0.115. The van der Waals surface area contributed by atoms with E-state index in [-0.39, 0.29) is 17.4 Å². The van der Waals surface area contributed by atoms with Crippen LogP contribution in [0.3, 0.4) is 0 Å². The number of amides is 1. The Morgan fingerprint density at radius 2 is 2.00 bits per heavy atom. The molecule has 1 heterocycles. The van der Waals surface area contributed by atoms with Crippen molar-refractivity contribution in [1.29, 1.82) is 0 Å². The lowest BCUT2D eigenvalue weighted by Gasteiger charge is -2.05. The summed E-state index contributed by atoms with van der Waals surface area (Å²) in [7, 11) is 0. The van der Waals surface area contributed by atoms with Crippen molar-refractivity contribution in [3.8, 4) is 0 Å². The van der Waals surface area contributed by atoms with Crippen molar-refractivity contribution < 1.29 is 9.18 Å². The molecule has 0 bridgehead atoms. The highest BCUT2D eigenvalue weighted by atomic mass is 35.5. The van der Waals surface area contributed by atoms with E-state index in [0.717, 1.165) is 11.6 Å². The molecule has 0 spiro atoms. The lowest BCUT2D eigenvalue weighted by Crippen LogP contribution is -2.15. The minimum absolute atomic E-state index is 0.00188. The summed E-state index contributed by atoms with van der Waals surface area (Å²) in [6.07, 6.45) is 0.608. The Bertz CT molecular complexity index is 892. The molecule has 0 aliphatic rings. The second kappa shape index (κ2) is 7.44. The fourth-order valence-corrected chi connectivity index (χ4v) is 2.54. The number of H-pyrrole nitrogens is 1. The molecule has 25 heavy (non-hydrogen) atoms. The molecule has 1 amide bonds. The number of carbonyl (C=O) groups excluding carboxylic acids is 1. The van der Waals surface area contributed by atoms with Crippen LogP contribution in [0.1, 0.15) is 22.8 Å². The topological polar surface area (TPSA) is 70.7 Å². The number of hydrogen-bond acceptors (Lipinski definition) is 3. The Kier molecular flexibility index (Phi) is 5.09. The number of rotatable bonds is 5. The first-order chi connectivity index (χ1) is 12.0. The number of aryl methyl sites for hydroxylation is 1. The van der Waals surface area contributed by atoms with Gasteiger partial charge in [-0.1, -0.05) is 41.4 Å². The van der Waals surface area contributed by atoms with Crippen LogP contribution in [0.4, 0.5) is 10.1 Å². The van der Waals surface area contributed by atoms with Gasteiger partial charge in [0.05, 0.1) is 17.1 Å².